The second kappa shape index (κ2) is 10.1. The van der Waals surface area contributed by atoms with Crippen molar-refractivity contribution in [1.29, 1.82) is 0 Å². The zero-order valence-electron chi connectivity index (χ0n) is 16.6. The minimum atomic E-state index is -0.386. The number of amides is 1. The third-order valence-corrected chi connectivity index (χ3v) is 3.86. The lowest BCUT2D eigenvalue weighted by Gasteiger charge is -2.14. The molecule has 0 atom stereocenters. The van der Waals surface area contributed by atoms with Crippen molar-refractivity contribution in [2.75, 3.05) is 35.0 Å². The summed E-state index contributed by atoms with van der Waals surface area (Å²) in [6, 6.07) is 10.4. The van der Waals surface area contributed by atoms with Gasteiger partial charge in [0.05, 0.1) is 34.2 Å². The standard InChI is InChI=1S/C20H24N2O6/c1-13(14-10-17(25-3)20(27-5)18(11-14)26-4)21-22-19(23)12-28-16-8-6-15(24-2)7-9-16/h6-11H,12H2,1-5H3,(H,22,23)/b21-13-. The molecule has 0 heterocycles. The van der Waals surface area contributed by atoms with Crippen molar-refractivity contribution in [3.05, 3.63) is 42.0 Å². The quantitative estimate of drug-likeness (QED) is 0.525. The second-order valence-electron chi connectivity index (χ2n) is 5.61. The zero-order chi connectivity index (χ0) is 20.5. The fourth-order valence-electron chi connectivity index (χ4n) is 2.35. The maximum Gasteiger partial charge on any atom is 0.277 e. The molecule has 150 valence electrons. The maximum atomic E-state index is 12.0. The van der Waals surface area contributed by atoms with Crippen molar-refractivity contribution in [2.45, 2.75) is 6.92 Å². The molecule has 8 heteroatoms. The van der Waals surface area contributed by atoms with Gasteiger partial charge < -0.3 is 23.7 Å². The number of methoxy groups -OCH3 is 4. The molecule has 0 spiro atoms. The van der Waals surface area contributed by atoms with Crippen LogP contribution in [-0.4, -0.2) is 46.7 Å². The summed E-state index contributed by atoms with van der Waals surface area (Å²) in [4.78, 5) is 12.0. The average Bonchev–Trinajstić information content (AvgIpc) is 2.74. The van der Waals surface area contributed by atoms with Gasteiger partial charge in [-0.25, -0.2) is 5.43 Å². The Morgan fingerprint density at radius 2 is 1.46 bits per heavy atom. The van der Waals surface area contributed by atoms with Gasteiger partial charge in [-0.2, -0.15) is 5.10 Å². The van der Waals surface area contributed by atoms with Crippen molar-refractivity contribution in [1.82, 2.24) is 5.43 Å². The van der Waals surface area contributed by atoms with Gasteiger partial charge in [0, 0.05) is 5.56 Å². The molecule has 0 aliphatic rings. The maximum absolute atomic E-state index is 12.0. The highest BCUT2D eigenvalue weighted by molar-refractivity contribution is 6.00. The lowest BCUT2D eigenvalue weighted by Crippen LogP contribution is -2.25. The SMILES string of the molecule is COc1ccc(OCC(=O)N/N=C(/C)c2cc(OC)c(OC)c(OC)c2)cc1. The van der Waals surface area contributed by atoms with Gasteiger partial charge in [-0.15, -0.1) is 0 Å². The summed E-state index contributed by atoms with van der Waals surface area (Å²) in [5.74, 6) is 2.37. The molecule has 2 rings (SSSR count). The van der Waals surface area contributed by atoms with E-state index >= 15 is 0 Å². The number of nitrogens with one attached hydrogen (secondary N) is 1. The molecule has 0 unspecified atom stereocenters. The monoisotopic (exact) mass is 388 g/mol. The van der Waals surface area contributed by atoms with Crippen molar-refractivity contribution >= 4 is 11.6 Å². The fraction of sp³-hybridized carbons (Fsp3) is 0.300. The Morgan fingerprint density at radius 3 is 1.96 bits per heavy atom. The van der Waals surface area contributed by atoms with E-state index < -0.39 is 0 Å². The predicted molar refractivity (Wildman–Crippen MR) is 105 cm³/mol. The van der Waals surface area contributed by atoms with Crippen LogP contribution in [0.5, 0.6) is 28.7 Å². The first-order valence-corrected chi connectivity index (χ1v) is 8.42. The van der Waals surface area contributed by atoms with E-state index in [2.05, 4.69) is 10.5 Å². The van der Waals surface area contributed by atoms with Crippen LogP contribution in [-0.2, 0) is 4.79 Å². The summed E-state index contributed by atoms with van der Waals surface area (Å²) in [6.45, 7) is 1.59. The third kappa shape index (κ3) is 5.29. The molecule has 0 saturated heterocycles. The lowest BCUT2D eigenvalue weighted by atomic mass is 10.1. The normalized spacial score (nSPS) is 10.8. The highest BCUT2D eigenvalue weighted by atomic mass is 16.5. The summed E-state index contributed by atoms with van der Waals surface area (Å²) in [6.07, 6.45) is 0. The van der Waals surface area contributed by atoms with Crippen LogP contribution in [0.3, 0.4) is 0 Å². The highest BCUT2D eigenvalue weighted by Gasteiger charge is 2.14. The first-order valence-electron chi connectivity index (χ1n) is 8.42. The number of carbonyl (C=O) groups excluding carboxylic acids is 1. The first kappa shape index (κ1) is 20.9. The summed E-state index contributed by atoms with van der Waals surface area (Å²) >= 11 is 0. The molecule has 0 aliphatic carbocycles. The molecule has 0 radical (unpaired) electrons. The number of hydrogen-bond donors (Lipinski definition) is 1. The summed E-state index contributed by atoms with van der Waals surface area (Å²) in [7, 11) is 6.18. The van der Waals surface area contributed by atoms with Gasteiger partial charge in [-0.1, -0.05) is 0 Å². The Kier molecular flexibility index (Phi) is 7.50. The van der Waals surface area contributed by atoms with Gasteiger partial charge >= 0.3 is 0 Å². The first-order chi connectivity index (χ1) is 13.5. The molecule has 2 aromatic rings. The van der Waals surface area contributed by atoms with E-state index in [1.165, 1.54) is 21.3 Å². The minimum absolute atomic E-state index is 0.168. The predicted octanol–water partition coefficient (Wildman–Crippen LogP) is 2.64. The molecule has 0 aromatic heterocycles. The van der Waals surface area contributed by atoms with Crippen LogP contribution in [0.2, 0.25) is 0 Å². The van der Waals surface area contributed by atoms with Gasteiger partial charge in [0.2, 0.25) is 5.75 Å². The van der Waals surface area contributed by atoms with E-state index in [4.69, 9.17) is 23.7 Å². The van der Waals surface area contributed by atoms with Crippen LogP contribution in [0.1, 0.15) is 12.5 Å². The molecule has 28 heavy (non-hydrogen) atoms. The minimum Gasteiger partial charge on any atom is -0.497 e. The van der Waals surface area contributed by atoms with E-state index in [9.17, 15) is 4.79 Å². The van der Waals surface area contributed by atoms with Crippen LogP contribution in [0, 0.1) is 0 Å². The summed E-state index contributed by atoms with van der Waals surface area (Å²) in [5, 5.41) is 4.11. The molecule has 0 aliphatic heterocycles. The number of ether oxygens (including phenoxy) is 5. The molecule has 0 fully saturated rings. The smallest absolute Gasteiger partial charge is 0.277 e. The van der Waals surface area contributed by atoms with Crippen molar-refractivity contribution in [3.63, 3.8) is 0 Å². The van der Waals surface area contributed by atoms with Crippen molar-refractivity contribution in [2.24, 2.45) is 5.10 Å². The third-order valence-electron chi connectivity index (χ3n) is 3.86. The Balaban J connectivity index is 2.01. The Morgan fingerprint density at radius 1 is 0.893 bits per heavy atom. The number of rotatable bonds is 9. The molecule has 1 N–H and O–H groups in total. The van der Waals surface area contributed by atoms with Crippen molar-refractivity contribution in [3.8, 4) is 28.7 Å². The summed E-state index contributed by atoms with van der Waals surface area (Å²) < 4.78 is 26.4. The Hall–Kier alpha value is -3.42. The number of carbonyl (C=O) groups is 1. The van der Waals surface area contributed by atoms with E-state index in [1.54, 1.807) is 50.4 Å². The number of hydrogen-bond acceptors (Lipinski definition) is 7. The lowest BCUT2D eigenvalue weighted by molar-refractivity contribution is -0.123. The largest absolute Gasteiger partial charge is 0.497 e. The van der Waals surface area contributed by atoms with Crippen molar-refractivity contribution < 1.29 is 28.5 Å². The van der Waals surface area contributed by atoms with Crippen LogP contribution in [0.15, 0.2) is 41.5 Å². The molecular formula is C20H24N2O6. The Labute approximate surface area is 164 Å². The summed E-state index contributed by atoms with van der Waals surface area (Å²) in [5.41, 5.74) is 3.74. The van der Waals surface area contributed by atoms with Crippen LogP contribution in [0.25, 0.3) is 0 Å². The van der Waals surface area contributed by atoms with Crippen LogP contribution in [0.4, 0.5) is 0 Å². The number of hydrazone groups is 1. The Bertz CT molecular complexity index is 808. The van der Waals surface area contributed by atoms with Crippen LogP contribution < -0.4 is 29.1 Å². The van der Waals surface area contributed by atoms with Gasteiger partial charge in [-0.3, -0.25) is 4.79 Å². The van der Waals surface area contributed by atoms with E-state index in [0.717, 1.165) is 0 Å². The molecule has 0 saturated carbocycles. The van der Waals surface area contributed by atoms with Gasteiger partial charge in [0.15, 0.2) is 18.1 Å². The van der Waals surface area contributed by atoms with Gasteiger partial charge in [0.25, 0.3) is 5.91 Å². The van der Waals surface area contributed by atoms with Gasteiger partial charge in [0.1, 0.15) is 11.5 Å². The van der Waals surface area contributed by atoms with E-state index in [1.807, 2.05) is 0 Å². The fourth-order valence-corrected chi connectivity index (χ4v) is 2.35. The van der Waals surface area contributed by atoms with E-state index in [-0.39, 0.29) is 12.5 Å². The zero-order valence-corrected chi connectivity index (χ0v) is 16.6. The topological polar surface area (TPSA) is 87.6 Å². The number of nitrogens with zero attached hydrogens (tertiary/aromatic N) is 1. The molecule has 8 nitrogen and oxygen atoms in total. The highest BCUT2D eigenvalue weighted by Crippen LogP contribution is 2.38. The second-order valence-corrected chi connectivity index (χ2v) is 5.61. The molecule has 2 aromatic carbocycles. The van der Waals surface area contributed by atoms with Crippen LogP contribution >= 0.6 is 0 Å². The van der Waals surface area contributed by atoms with E-state index in [0.29, 0.717) is 40.0 Å². The molecule has 1 amide bonds. The average molecular weight is 388 g/mol. The van der Waals surface area contributed by atoms with Gasteiger partial charge in [-0.05, 0) is 43.3 Å². The molecular weight excluding hydrogens is 364 g/mol. The molecule has 0 bridgehead atoms. The number of benzene rings is 2.